The Morgan fingerprint density at radius 2 is 1.66 bits per heavy atom. The van der Waals surface area contributed by atoms with E-state index >= 15 is 0 Å². The average molecular weight is 432 g/mol. The van der Waals surface area contributed by atoms with Crippen molar-refractivity contribution in [1.82, 2.24) is 0 Å². The third-order valence-corrected chi connectivity index (χ3v) is 5.23. The van der Waals surface area contributed by atoms with E-state index in [0.717, 1.165) is 24.0 Å². The van der Waals surface area contributed by atoms with Gasteiger partial charge in [0.1, 0.15) is 6.54 Å². The van der Waals surface area contributed by atoms with Gasteiger partial charge in [0.05, 0.1) is 19.6 Å². The molecule has 0 radical (unpaired) electrons. The van der Waals surface area contributed by atoms with Crippen molar-refractivity contribution in [2.24, 2.45) is 17.6 Å². The van der Waals surface area contributed by atoms with Crippen molar-refractivity contribution in [2.75, 3.05) is 26.2 Å². The molecule has 9 heteroatoms. The minimum absolute atomic E-state index is 0.700. The predicted molar refractivity (Wildman–Crippen MR) is 109 cm³/mol. The molecule has 1 aliphatic rings. The molecule has 1 aromatic carbocycles. The third-order valence-electron chi connectivity index (χ3n) is 4.98. The molecule has 0 amide bonds. The maximum atomic E-state index is 9.77. The summed E-state index contributed by atoms with van der Waals surface area (Å²) in [6.07, 6.45) is -3.26. The fourth-order valence-electron chi connectivity index (χ4n) is 3.77. The molecule has 1 aliphatic heterocycles. The van der Waals surface area contributed by atoms with Crippen LogP contribution in [0.25, 0.3) is 0 Å². The Kier molecular flexibility index (Phi) is 10.0. The smallest absolute Gasteiger partial charge is 0.335 e. The minimum Gasteiger partial charge on any atom is -0.479 e. The molecule has 29 heavy (non-hydrogen) atoms. The zero-order valence-electron chi connectivity index (χ0n) is 16.9. The Hall–Kier alpha value is -1.71. The van der Waals surface area contributed by atoms with E-state index in [4.69, 9.17) is 37.8 Å². The van der Waals surface area contributed by atoms with Gasteiger partial charge in [-0.2, -0.15) is 0 Å². The van der Waals surface area contributed by atoms with Gasteiger partial charge >= 0.3 is 11.9 Å². The molecular weight excluding hydrogens is 400 g/mol. The molecule has 0 saturated carbocycles. The lowest BCUT2D eigenvalue weighted by molar-refractivity contribution is -0.933. The van der Waals surface area contributed by atoms with Gasteiger partial charge in [-0.05, 0) is 12.1 Å². The van der Waals surface area contributed by atoms with Crippen LogP contribution in [0.2, 0.25) is 5.02 Å². The first kappa shape index (κ1) is 25.3. The van der Waals surface area contributed by atoms with Crippen LogP contribution in [0.5, 0.6) is 0 Å². The second-order valence-electron chi connectivity index (χ2n) is 8.07. The van der Waals surface area contributed by atoms with Crippen LogP contribution in [0.4, 0.5) is 0 Å². The zero-order chi connectivity index (χ0) is 22.2. The van der Waals surface area contributed by atoms with Gasteiger partial charge in [0.25, 0.3) is 0 Å². The van der Waals surface area contributed by atoms with Gasteiger partial charge in [-0.3, -0.25) is 0 Å². The van der Waals surface area contributed by atoms with Gasteiger partial charge < -0.3 is 30.6 Å². The lowest BCUT2D eigenvalue weighted by Gasteiger charge is -2.36. The van der Waals surface area contributed by atoms with E-state index in [-0.39, 0.29) is 0 Å². The van der Waals surface area contributed by atoms with Gasteiger partial charge in [0.2, 0.25) is 0 Å². The van der Waals surface area contributed by atoms with Crippen molar-refractivity contribution in [3.63, 3.8) is 0 Å². The summed E-state index contributed by atoms with van der Waals surface area (Å²) in [5.74, 6) is -2.11. The van der Waals surface area contributed by atoms with Crippen LogP contribution >= 0.6 is 11.6 Å². The SMILES string of the molecule is CC(C)C[N+]1(Cc2ccc(Cl)cc2)CC[C@@H](CN)C1.O=C(O)C(O)C(O)C(=O)O. The molecule has 0 bridgehead atoms. The highest BCUT2D eigenvalue weighted by Gasteiger charge is 2.38. The Balaban J connectivity index is 0.000000359. The van der Waals surface area contributed by atoms with Crippen LogP contribution in [0.15, 0.2) is 24.3 Å². The number of benzene rings is 1. The highest BCUT2D eigenvalue weighted by atomic mass is 35.5. The number of hydrogen-bond acceptors (Lipinski definition) is 5. The van der Waals surface area contributed by atoms with Crippen molar-refractivity contribution in [3.8, 4) is 0 Å². The number of aliphatic hydroxyl groups excluding tert-OH is 2. The molecule has 4 atom stereocenters. The first-order valence-corrected chi connectivity index (χ1v) is 9.99. The van der Waals surface area contributed by atoms with Crippen LogP contribution in [0, 0.1) is 11.8 Å². The minimum atomic E-state index is -2.27. The number of nitrogens with zero attached hydrogens (tertiary/aromatic N) is 1. The average Bonchev–Trinajstić information content (AvgIpc) is 3.04. The summed E-state index contributed by atoms with van der Waals surface area (Å²) in [7, 11) is 0. The summed E-state index contributed by atoms with van der Waals surface area (Å²) in [6, 6.07) is 8.33. The van der Waals surface area contributed by atoms with Crippen molar-refractivity contribution < 1.29 is 34.5 Å². The number of aliphatic carboxylic acids is 2. The molecule has 0 aliphatic carbocycles. The number of carbonyl (C=O) groups is 2. The molecule has 164 valence electrons. The van der Waals surface area contributed by atoms with Crippen LogP contribution < -0.4 is 5.73 Å². The fraction of sp³-hybridized carbons (Fsp3) is 0.600. The summed E-state index contributed by atoms with van der Waals surface area (Å²) in [5.41, 5.74) is 7.26. The molecule has 1 heterocycles. The van der Waals surface area contributed by atoms with Crippen molar-refractivity contribution in [1.29, 1.82) is 0 Å². The van der Waals surface area contributed by atoms with E-state index in [1.165, 1.54) is 36.1 Å². The number of carboxylic acid groups (broad SMARTS) is 2. The number of nitrogens with two attached hydrogens (primary N) is 1. The van der Waals surface area contributed by atoms with Crippen molar-refractivity contribution >= 4 is 23.5 Å². The Morgan fingerprint density at radius 1 is 1.14 bits per heavy atom. The molecule has 1 fully saturated rings. The number of likely N-dealkylation sites (tertiary alicyclic amines) is 1. The first-order valence-electron chi connectivity index (χ1n) is 9.61. The van der Waals surface area contributed by atoms with Crippen LogP contribution in [-0.4, -0.2) is 75.2 Å². The van der Waals surface area contributed by atoms with Gasteiger partial charge in [-0.15, -0.1) is 0 Å². The molecule has 1 saturated heterocycles. The largest absolute Gasteiger partial charge is 0.479 e. The van der Waals surface area contributed by atoms with Gasteiger partial charge in [0.15, 0.2) is 12.2 Å². The van der Waals surface area contributed by atoms with Crippen LogP contribution in [0.1, 0.15) is 25.8 Å². The molecular formula is C20H32ClN2O6+. The third kappa shape index (κ3) is 8.28. The van der Waals surface area contributed by atoms with E-state index in [0.29, 0.717) is 5.92 Å². The number of halogens is 1. The molecule has 1 aromatic rings. The number of aliphatic hydroxyl groups is 2. The molecule has 2 rings (SSSR count). The normalized spacial score (nSPS) is 23.2. The second kappa shape index (κ2) is 11.5. The maximum absolute atomic E-state index is 9.77. The van der Waals surface area contributed by atoms with E-state index < -0.39 is 24.1 Å². The first-order chi connectivity index (χ1) is 13.5. The lowest BCUT2D eigenvalue weighted by Crippen LogP contribution is -2.48. The quantitative estimate of drug-likeness (QED) is 0.389. The second-order valence-corrected chi connectivity index (χ2v) is 8.50. The number of carboxylic acids is 2. The van der Waals surface area contributed by atoms with E-state index in [1.54, 1.807) is 0 Å². The summed E-state index contributed by atoms with van der Waals surface area (Å²) in [6.45, 7) is 10.3. The van der Waals surface area contributed by atoms with Crippen LogP contribution in [0.3, 0.4) is 0 Å². The number of quaternary nitrogens is 1. The Bertz CT molecular complexity index is 651. The fourth-order valence-corrected chi connectivity index (χ4v) is 3.90. The lowest BCUT2D eigenvalue weighted by atomic mass is 10.1. The number of hydrogen-bond donors (Lipinski definition) is 5. The molecule has 3 unspecified atom stereocenters. The van der Waals surface area contributed by atoms with Crippen molar-refractivity contribution in [3.05, 3.63) is 34.9 Å². The summed E-state index contributed by atoms with van der Waals surface area (Å²) in [5, 5.41) is 33.3. The summed E-state index contributed by atoms with van der Waals surface area (Å²) < 4.78 is 1.20. The topological polar surface area (TPSA) is 141 Å². The van der Waals surface area contributed by atoms with Crippen LogP contribution in [-0.2, 0) is 16.1 Å². The molecule has 6 N–H and O–H groups in total. The molecule has 0 spiro atoms. The van der Waals surface area contributed by atoms with E-state index in [2.05, 4.69) is 26.0 Å². The van der Waals surface area contributed by atoms with E-state index in [1.807, 2.05) is 12.1 Å². The summed E-state index contributed by atoms with van der Waals surface area (Å²) >= 11 is 5.97. The molecule has 8 nitrogen and oxygen atoms in total. The van der Waals surface area contributed by atoms with E-state index in [9.17, 15) is 9.59 Å². The van der Waals surface area contributed by atoms with Gasteiger partial charge in [-0.1, -0.05) is 37.6 Å². The highest BCUT2D eigenvalue weighted by molar-refractivity contribution is 6.30. The Labute approximate surface area is 176 Å². The maximum Gasteiger partial charge on any atom is 0.335 e. The zero-order valence-corrected chi connectivity index (χ0v) is 17.6. The predicted octanol–water partition coefficient (Wildman–Crippen LogP) is 1.17. The van der Waals surface area contributed by atoms with Gasteiger partial charge in [0, 0.05) is 35.4 Å². The highest BCUT2D eigenvalue weighted by Crippen LogP contribution is 2.29. The monoisotopic (exact) mass is 431 g/mol. The Morgan fingerprint density at radius 3 is 2.03 bits per heavy atom. The van der Waals surface area contributed by atoms with Crippen molar-refractivity contribution in [2.45, 2.75) is 39.0 Å². The number of rotatable bonds is 8. The molecule has 0 aromatic heterocycles. The summed E-state index contributed by atoms with van der Waals surface area (Å²) in [4.78, 5) is 19.5. The standard InChI is InChI=1S/C16H26ClN2.C4H6O6/c1-13(2)10-19(8-7-15(9-18)12-19)11-14-3-5-16(17)6-4-14;5-1(3(7)8)2(6)4(9)10/h3-6,13,15H,7-12,18H2,1-2H3;1-2,5-6H,(H,7,8)(H,9,10)/q+1;/t15-,19?;/m0./s1. The van der Waals surface area contributed by atoms with Gasteiger partial charge in [-0.25, -0.2) is 9.59 Å².